The number of nitrogens with one attached hydrogen (secondary N) is 1. The fraction of sp³-hybridized carbons (Fsp3) is 0.385. The third kappa shape index (κ3) is 2.80. The van der Waals surface area contributed by atoms with Crippen LogP contribution in [0.25, 0.3) is 11.3 Å². The monoisotopic (exact) mass is 306 g/mol. The van der Waals surface area contributed by atoms with Gasteiger partial charge in [-0.2, -0.15) is 0 Å². The molecule has 0 spiro atoms. The quantitative estimate of drug-likeness (QED) is 0.863. The molecule has 1 N–H and O–H groups in total. The van der Waals surface area contributed by atoms with Gasteiger partial charge in [0, 0.05) is 23.4 Å². The first-order valence-corrected chi connectivity index (χ1v) is 7.52. The van der Waals surface area contributed by atoms with E-state index in [2.05, 4.69) is 15.6 Å². The molecule has 3 rings (SSSR count). The maximum absolute atomic E-state index is 11.8. The molecule has 0 saturated carbocycles. The van der Waals surface area contributed by atoms with E-state index in [1.165, 1.54) is 16.0 Å². The molecule has 2 amide bonds. The lowest BCUT2D eigenvalue weighted by molar-refractivity contribution is -0.136. The summed E-state index contributed by atoms with van der Waals surface area (Å²) in [6.07, 6.45) is 2.48. The predicted octanol–water partition coefficient (Wildman–Crippen LogP) is 1.38. The number of carbonyl (C=O) groups is 2. The second-order valence-corrected chi connectivity index (χ2v) is 5.51. The Morgan fingerprint density at radius 3 is 3.14 bits per heavy atom. The van der Waals surface area contributed by atoms with Crippen molar-refractivity contribution in [2.24, 2.45) is 0 Å². The largest absolute Gasteiger partial charge is 0.484 e. The number of amides is 2. The van der Waals surface area contributed by atoms with E-state index >= 15 is 0 Å². The van der Waals surface area contributed by atoms with Gasteiger partial charge < -0.3 is 4.74 Å². The number of aromatic nitrogens is 3. The first kappa shape index (κ1) is 13.7. The zero-order chi connectivity index (χ0) is 14.8. The Morgan fingerprint density at radius 2 is 2.38 bits per heavy atom. The number of rotatable bonds is 4. The summed E-state index contributed by atoms with van der Waals surface area (Å²) in [5.74, 6) is -0.571. The summed E-state index contributed by atoms with van der Waals surface area (Å²) in [5.41, 5.74) is 1.59. The Morgan fingerprint density at radius 1 is 1.52 bits per heavy atom. The minimum absolute atomic E-state index is 0.240. The molecule has 7 nitrogen and oxygen atoms in total. The second-order valence-electron chi connectivity index (χ2n) is 4.64. The van der Waals surface area contributed by atoms with Crippen molar-refractivity contribution in [3.8, 4) is 16.3 Å². The summed E-state index contributed by atoms with van der Waals surface area (Å²) in [6, 6.07) is 1.42. The van der Waals surface area contributed by atoms with E-state index in [9.17, 15) is 9.59 Å². The highest BCUT2D eigenvalue weighted by molar-refractivity contribution is 7.12. The minimum atomic E-state index is -0.478. The number of piperidine rings is 1. The van der Waals surface area contributed by atoms with Crippen molar-refractivity contribution in [1.82, 2.24) is 20.3 Å². The van der Waals surface area contributed by atoms with E-state index in [4.69, 9.17) is 4.74 Å². The van der Waals surface area contributed by atoms with Gasteiger partial charge in [-0.3, -0.25) is 14.9 Å². The number of nitrogens with zero attached hydrogens (tertiary/aromatic N) is 3. The van der Waals surface area contributed by atoms with Crippen molar-refractivity contribution >= 4 is 23.2 Å². The van der Waals surface area contributed by atoms with Gasteiger partial charge in [0.05, 0.1) is 12.8 Å². The molecule has 1 atom stereocenters. The molecule has 3 heterocycles. The number of ether oxygens (including phenoxy) is 1. The van der Waals surface area contributed by atoms with Crippen molar-refractivity contribution in [3.63, 3.8) is 0 Å². The molecule has 2 aromatic heterocycles. The number of hydrogen-bond donors (Lipinski definition) is 1. The molecule has 110 valence electrons. The van der Waals surface area contributed by atoms with Crippen LogP contribution in [0.4, 0.5) is 0 Å². The van der Waals surface area contributed by atoms with Crippen LogP contribution in [-0.4, -0.2) is 33.4 Å². The summed E-state index contributed by atoms with van der Waals surface area (Å²) in [7, 11) is 0. The van der Waals surface area contributed by atoms with Crippen LogP contribution >= 0.6 is 11.3 Å². The van der Waals surface area contributed by atoms with Crippen LogP contribution in [0.1, 0.15) is 25.8 Å². The standard InChI is InChI=1S/C13H14N4O3S/c1-2-20-12-5-8(7-21-12)9-6-17(16-15-9)10-3-4-11(18)14-13(10)19/h5-7,10H,2-4H2,1H3,(H,14,18,19). The fourth-order valence-electron chi connectivity index (χ4n) is 2.16. The van der Waals surface area contributed by atoms with Crippen LogP contribution in [0.15, 0.2) is 17.6 Å². The van der Waals surface area contributed by atoms with Gasteiger partial charge in [0.2, 0.25) is 5.91 Å². The first-order valence-electron chi connectivity index (χ1n) is 6.64. The van der Waals surface area contributed by atoms with Crippen molar-refractivity contribution in [2.75, 3.05) is 6.61 Å². The van der Waals surface area contributed by atoms with Crippen molar-refractivity contribution in [1.29, 1.82) is 0 Å². The van der Waals surface area contributed by atoms with E-state index in [0.29, 0.717) is 25.1 Å². The molecule has 8 heteroatoms. The van der Waals surface area contributed by atoms with Crippen LogP contribution in [0.5, 0.6) is 5.06 Å². The molecule has 2 aromatic rings. The summed E-state index contributed by atoms with van der Waals surface area (Å²) >= 11 is 1.49. The summed E-state index contributed by atoms with van der Waals surface area (Å²) < 4.78 is 6.93. The Bertz CT molecular complexity index is 679. The number of hydrogen-bond acceptors (Lipinski definition) is 6. The van der Waals surface area contributed by atoms with Gasteiger partial charge in [-0.25, -0.2) is 4.68 Å². The highest BCUT2D eigenvalue weighted by Crippen LogP contribution is 2.30. The number of thiophene rings is 1. The van der Waals surface area contributed by atoms with Gasteiger partial charge in [-0.05, 0) is 13.3 Å². The molecule has 0 aliphatic carbocycles. The number of imide groups is 1. The van der Waals surface area contributed by atoms with Crippen molar-refractivity contribution in [2.45, 2.75) is 25.8 Å². The van der Waals surface area contributed by atoms with Gasteiger partial charge in [-0.15, -0.1) is 16.4 Å². The SMILES string of the molecule is CCOc1cc(-c2cn(C3CCC(=O)NC3=O)nn2)cs1. The third-order valence-corrected chi connectivity index (χ3v) is 4.04. The zero-order valence-electron chi connectivity index (χ0n) is 11.4. The van der Waals surface area contributed by atoms with Gasteiger partial charge in [0.1, 0.15) is 11.7 Å². The number of carbonyl (C=O) groups excluding carboxylic acids is 2. The van der Waals surface area contributed by atoms with E-state index in [1.807, 2.05) is 18.4 Å². The molecule has 1 saturated heterocycles. The maximum Gasteiger partial charge on any atom is 0.251 e. The van der Waals surface area contributed by atoms with Gasteiger partial charge >= 0.3 is 0 Å². The summed E-state index contributed by atoms with van der Waals surface area (Å²) in [5, 5.41) is 13.2. The predicted molar refractivity (Wildman–Crippen MR) is 75.9 cm³/mol. The Balaban J connectivity index is 1.79. The van der Waals surface area contributed by atoms with Crippen molar-refractivity contribution < 1.29 is 14.3 Å². The lowest BCUT2D eigenvalue weighted by atomic mass is 10.1. The molecule has 1 aliphatic rings. The van der Waals surface area contributed by atoms with E-state index in [0.717, 1.165) is 10.6 Å². The molecule has 1 unspecified atom stereocenters. The van der Waals surface area contributed by atoms with E-state index in [-0.39, 0.29) is 11.8 Å². The van der Waals surface area contributed by atoms with Crippen LogP contribution < -0.4 is 10.1 Å². The highest BCUT2D eigenvalue weighted by atomic mass is 32.1. The first-order chi connectivity index (χ1) is 10.2. The van der Waals surface area contributed by atoms with Crippen LogP contribution in [0, 0.1) is 0 Å². The third-order valence-electron chi connectivity index (χ3n) is 3.20. The lowest BCUT2D eigenvalue weighted by Gasteiger charge is -2.20. The molecule has 1 fully saturated rings. The topological polar surface area (TPSA) is 86.1 Å². The molecule has 0 aromatic carbocycles. The minimum Gasteiger partial charge on any atom is -0.484 e. The Kier molecular flexibility index (Phi) is 3.70. The van der Waals surface area contributed by atoms with Crippen LogP contribution in [0.2, 0.25) is 0 Å². The zero-order valence-corrected chi connectivity index (χ0v) is 12.2. The van der Waals surface area contributed by atoms with Gasteiger partial charge in [0.15, 0.2) is 5.06 Å². The normalized spacial score (nSPS) is 18.6. The summed E-state index contributed by atoms with van der Waals surface area (Å²) in [6.45, 7) is 2.54. The fourth-order valence-corrected chi connectivity index (χ4v) is 2.98. The van der Waals surface area contributed by atoms with Crippen molar-refractivity contribution in [3.05, 3.63) is 17.6 Å². The molecule has 0 bridgehead atoms. The Labute approximate surface area is 124 Å². The van der Waals surface area contributed by atoms with Crippen LogP contribution in [0.3, 0.4) is 0 Å². The van der Waals surface area contributed by atoms with Crippen LogP contribution in [-0.2, 0) is 9.59 Å². The van der Waals surface area contributed by atoms with E-state index in [1.54, 1.807) is 6.20 Å². The average molecular weight is 306 g/mol. The molecular formula is C13H14N4O3S. The van der Waals surface area contributed by atoms with Gasteiger partial charge in [0.25, 0.3) is 5.91 Å². The average Bonchev–Trinajstić information content (AvgIpc) is 3.08. The highest BCUT2D eigenvalue weighted by Gasteiger charge is 2.29. The molecule has 21 heavy (non-hydrogen) atoms. The second kappa shape index (κ2) is 5.65. The maximum atomic E-state index is 11.8. The molecule has 1 aliphatic heterocycles. The molecular weight excluding hydrogens is 292 g/mol. The molecule has 0 radical (unpaired) electrons. The van der Waals surface area contributed by atoms with E-state index < -0.39 is 6.04 Å². The smallest absolute Gasteiger partial charge is 0.251 e. The van der Waals surface area contributed by atoms with Gasteiger partial charge in [-0.1, -0.05) is 5.21 Å². The lowest BCUT2D eigenvalue weighted by Crippen LogP contribution is -2.41. The Hall–Kier alpha value is -2.22. The summed E-state index contributed by atoms with van der Waals surface area (Å²) in [4.78, 5) is 23.0.